The van der Waals surface area contributed by atoms with Crippen molar-refractivity contribution in [3.63, 3.8) is 0 Å². The smallest absolute Gasteiger partial charge is 0.161 e. The molecule has 158 valence electrons. The molecule has 1 heterocycles. The third-order valence-electron chi connectivity index (χ3n) is 5.56. The lowest BCUT2D eigenvalue weighted by Gasteiger charge is -2.35. The quantitative estimate of drug-likeness (QED) is 0.677. The van der Waals surface area contributed by atoms with Crippen molar-refractivity contribution in [2.45, 2.75) is 20.0 Å². The lowest BCUT2D eigenvalue weighted by molar-refractivity contribution is 0.121. The van der Waals surface area contributed by atoms with Crippen molar-refractivity contribution < 1.29 is 18.9 Å². The van der Waals surface area contributed by atoms with Crippen LogP contribution in [-0.4, -0.2) is 64.4 Å². The molecule has 0 atom stereocenters. The average molecular weight is 401 g/mol. The summed E-state index contributed by atoms with van der Waals surface area (Å²) in [7, 11) is 6.70. The van der Waals surface area contributed by atoms with Gasteiger partial charge in [0.1, 0.15) is 0 Å². The van der Waals surface area contributed by atoms with Gasteiger partial charge < -0.3 is 18.9 Å². The first kappa shape index (κ1) is 21.3. The lowest BCUT2D eigenvalue weighted by Crippen LogP contribution is -2.45. The lowest BCUT2D eigenvalue weighted by atomic mass is 10.1. The first-order chi connectivity index (χ1) is 14.1. The van der Waals surface area contributed by atoms with Crippen LogP contribution in [0.15, 0.2) is 30.3 Å². The Kier molecular flexibility index (Phi) is 7.23. The number of aryl methyl sites for hydroxylation is 1. The molecule has 0 aliphatic carbocycles. The molecule has 0 aromatic heterocycles. The molecule has 6 heteroatoms. The molecule has 0 amide bonds. The van der Waals surface area contributed by atoms with E-state index in [0.717, 1.165) is 62.3 Å². The van der Waals surface area contributed by atoms with Gasteiger partial charge in [-0.15, -0.1) is 0 Å². The number of piperazine rings is 1. The van der Waals surface area contributed by atoms with E-state index in [9.17, 15) is 0 Å². The Labute approximate surface area is 173 Å². The van der Waals surface area contributed by atoms with E-state index in [1.807, 2.05) is 6.07 Å². The summed E-state index contributed by atoms with van der Waals surface area (Å²) in [6.45, 7) is 8.15. The van der Waals surface area contributed by atoms with E-state index >= 15 is 0 Å². The van der Waals surface area contributed by atoms with Crippen LogP contribution in [0.3, 0.4) is 0 Å². The van der Waals surface area contributed by atoms with Gasteiger partial charge in [-0.3, -0.25) is 9.80 Å². The molecule has 0 bridgehead atoms. The number of ether oxygens (including phenoxy) is 4. The molecule has 0 radical (unpaired) electrons. The highest BCUT2D eigenvalue weighted by Gasteiger charge is 2.19. The van der Waals surface area contributed by atoms with Crippen molar-refractivity contribution in [3.8, 4) is 23.0 Å². The summed E-state index contributed by atoms with van der Waals surface area (Å²) in [5, 5.41) is 0. The number of methoxy groups -OCH3 is 4. The predicted octanol–water partition coefficient (Wildman–Crippen LogP) is 3.35. The van der Waals surface area contributed by atoms with E-state index in [2.05, 4.69) is 41.0 Å². The van der Waals surface area contributed by atoms with Gasteiger partial charge in [-0.05, 0) is 47.9 Å². The molecule has 6 nitrogen and oxygen atoms in total. The molecule has 29 heavy (non-hydrogen) atoms. The zero-order valence-corrected chi connectivity index (χ0v) is 18.2. The van der Waals surface area contributed by atoms with Gasteiger partial charge in [-0.25, -0.2) is 0 Å². The van der Waals surface area contributed by atoms with Crippen molar-refractivity contribution in [2.24, 2.45) is 0 Å². The van der Waals surface area contributed by atoms with Gasteiger partial charge in [0.25, 0.3) is 0 Å². The van der Waals surface area contributed by atoms with Crippen LogP contribution in [0.1, 0.15) is 16.7 Å². The van der Waals surface area contributed by atoms with Crippen molar-refractivity contribution in [1.82, 2.24) is 9.80 Å². The van der Waals surface area contributed by atoms with E-state index in [-0.39, 0.29) is 0 Å². The second-order valence-electron chi connectivity index (χ2n) is 7.38. The molecule has 0 unspecified atom stereocenters. The number of hydrogen-bond acceptors (Lipinski definition) is 6. The highest BCUT2D eigenvalue weighted by Crippen LogP contribution is 2.31. The Morgan fingerprint density at radius 1 is 0.655 bits per heavy atom. The Morgan fingerprint density at radius 2 is 1.17 bits per heavy atom. The van der Waals surface area contributed by atoms with Crippen LogP contribution in [0.4, 0.5) is 0 Å². The highest BCUT2D eigenvalue weighted by atomic mass is 16.5. The minimum atomic E-state index is 0.770. The van der Waals surface area contributed by atoms with Crippen molar-refractivity contribution in [3.05, 3.63) is 47.0 Å². The molecule has 1 aliphatic heterocycles. The van der Waals surface area contributed by atoms with Crippen molar-refractivity contribution in [2.75, 3.05) is 54.6 Å². The Hall–Kier alpha value is -2.44. The fourth-order valence-corrected chi connectivity index (χ4v) is 3.78. The van der Waals surface area contributed by atoms with E-state index < -0.39 is 0 Å². The summed E-state index contributed by atoms with van der Waals surface area (Å²) >= 11 is 0. The maximum absolute atomic E-state index is 5.47. The topological polar surface area (TPSA) is 43.4 Å². The Bertz CT molecular complexity index is 817. The molecule has 1 saturated heterocycles. The minimum absolute atomic E-state index is 0.770. The summed E-state index contributed by atoms with van der Waals surface area (Å²) in [5.74, 6) is 3.13. The fraction of sp³-hybridized carbons (Fsp3) is 0.478. The van der Waals surface area contributed by atoms with Gasteiger partial charge in [-0.2, -0.15) is 0 Å². The molecule has 2 aromatic rings. The molecule has 1 aliphatic rings. The minimum Gasteiger partial charge on any atom is -0.493 e. The monoisotopic (exact) mass is 400 g/mol. The Morgan fingerprint density at radius 3 is 1.76 bits per heavy atom. The molecular weight excluding hydrogens is 368 g/mol. The normalized spacial score (nSPS) is 15.2. The number of rotatable bonds is 8. The first-order valence-electron chi connectivity index (χ1n) is 9.95. The number of nitrogens with zero attached hydrogens (tertiary/aromatic N) is 2. The zero-order chi connectivity index (χ0) is 20.8. The summed E-state index contributed by atoms with van der Waals surface area (Å²) in [4.78, 5) is 4.98. The summed E-state index contributed by atoms with van der Waals surface area (Å²) in [5.41, 5.74) is 3.76. The SMILES string of the molecule is COc1ccc(CN2CCN(Cc3cc(OC)c(OC)cc3C)CC2)cc1OC. The summed E-state index contributed by atoms with van der Waals surface area (Å²) in [6.07, 6.45) is 0. The van der Waals surface area contributed by atoms with Gasteiger partial charge in [0, 0.05) is 39.3 Å². The number of benzene rings is 2. The third kappa shape index (κ3) is 5.14. The highest BCUT2D eigenvalue weighted by molar-refractivity contribution is 5.47. The third-order valence-corrected chi connectivity index (χ3v) is 5.56. The standard InChI is InChI=1S/C23H32N2O4/c1-17-12-21(27-3)23(29-5)14-19(17)16-25-10-8-24(9-11-25)15-18-6-7-20(26-2)22(13-18)28-4/h6-7,12-14H,8-11,15-16H2,1-5H3. The van der Waals surface area contributed by atoms with Crippen LogP contribution < -0.4 is 18.9 Å². The Balaban J connectivity index is 1.57. The molecule has 3 rings (SSSR count). The van der Waals surface area contributed by atoms with E-state index in [4.69, 9.17) is 18.9 Å². The van der Waals surface area contributed by atoms with Crippen molar-refractivity contribution in [1.29, 1.82) is 0 Å². The van der Waals surface area contributed by atoms with Crippen LogP contribution >= 0.6 is 0 Å². The second kappa shape index (κ2) is 9.85. The molecule has 0 N–H and O–H groups in total. The van der Waals surface area contributed by atoms with Crippen LogP contribution in [0.5, 0.6) is 23.0 Å². The number of hydrogen-bond donors (Lipinski definition) is 0. The van der Waals surface area contributed by atoms with E-state index in [0.29, 0.717) is 0 Å². The summed E-state index contributed by atoms with van der Waals surface area (Å²) < 4.78 is 21.6. The molecule has 0 spiro atoms. The summed E-state index contributed by atoms with van der Waals surface area (Å²) in [6, 6.07) is 10.3. The largest absolute Gasteiger partial charge is 0.493 e. The maximum atomic E-state index is 5.47. The maximum Gasteiger partial charge on any atom is 0.161 e. The van der Waals surface area contributed by atoms with Crippen molar-refractivity contribution >= 4 is 0 Å². The van der Waals surface area contributed by atoms with E-state index in [1.165, 1.54) is 16.7 Å². The van der Waals surface area contributed by atoms with Gasteiger partial charge in [-0.1, -0.05) is 6.07 Å². The molecular formula is C23H32N2O4. The first-order valence-corrected chi connectivity index (χ1v) is 9.95. The van der Waals surface area contributed by atoms with Crippen LogP contribution in [0.2, 0.25) is 0 Å². The van der Waals surface area contributed by atoms with Gasteiger partial charge in [0.15, 0.2) is 23.0 Å². The van der Waals surface area contributed by atoms with Gasteiger partial charge in [0.2, 0.25) is 0 Å². The molecule has 1 fully saturated rings. The fourth-order valence-electron chi connectivity index (χ4n) is 3.78. The predicted molar refractivity (Wildman–Crippen MR) is 114 cm³/mol. The molecule has 2 aromatic carbocycles. The second-order valence-corrected chi connectivity index (χ2v) is 7.38. The van der Waals surface area contributed by atoms with E-state index in [1.54, 1.807) is 28.4 Å². The van der Waals surface area contributed by atoms with Gasteiger partial charge in [0.05, 0.1) is 28.4 Å². The van der Waals surface area contributed by atoms with Crippen LogP contribution in [0.25, 0.3) is 0 Å². The van der Waals surface area contributed by atoms with Gasteiger partial charge >= 0.3 is 0 Å². The van der Waals surface area contributed by atoms with Crippen LogP contribution in [-0.2, 0) is 13.1 Å². The zero-order valence-electron chi connectivity index (χ0n) is 18.2. The van der Waals surface area contributed by atoms with Crippen LogP contribution in [0, 0.1) is 6.92 Å². The molecule has 0 saturated carbocycles. The average Bonchev–Trinajstić information content (AvgIpc) is 2.76.